The number of hydrogen-bond donors (Lipinski definition) is 2. The Morgan fingerprint density at radius 3 is 2.39 bits per heavy atom. The first-order chi connectivity index (χ1) is 18.5. The molecule has 1 atom stereocenters. The predicted molar refractivity (Wildman–Crippen MR) is 146 cm³/mol. The Kier molecular flexibility index (Phi) is 6.93. The number of benzene rings is 3. The van der Waals surface area contributed by atoms with Crippen molar-refractivity contribution in [3.05, 3.63) is 88.6 Å². The van der Waals surface area contributed by atoms with E-state index in [4.69, 9.17) is 35.9 Å². The van der Waals surface area contributed by atoms with Crippen LogP contribution in [0.3, 0.4) is 0 Å². The highest BCUT2D eigenvalue weighted by molar-refractivity contribution is 6.33. The molecule has 3 aromatic carbocycles. The van der Waals surface area contributed by atoms with Crippen molar-refractivity contribution in [2.45, 2.75) is 13.0 Å². The van der Waals surface area contributed by atoms with E-state index in [9.17, 15) is 4.79 Å². The van der Waals surface area contributed by atoms with E-state index in [0.717, 1.165) is 0 Å². The molecule has 1 unspecified atom stereocenters. The highest BCUT2D eigenvalue weighted by atomic mass is 35.5. The molecular weight excluding hydrogens is 506 g/mol. The topological polar surface area (TPSA) is 99.5 Å². The molecule has 0 spiro atoms. The van der Waals surface area contributed by atoms with E-state index in [0.29, 0.717) is 62.1 Å². The quantitative estimate of drug-likeness (QED) is 0.322. The minimum atomic E-state index is -0.699. The number of aromatic nitrogens is 3. The summed E-state index contributed by atoms with van der Waals surface area (Å²) in [4.78, 5) is 18.6. The molecule has 4 aromatic rings. The van der Waals surface area contributed by atoms with Gasteiger partial charge in [0.15, 0.2) is 17.3 Å². The summed E-state index contributed by atoms with van der Waals surface area (Å²) in [6, 6.07) is 19.4. The SMILES string of the molecule is COc1ccccc1NC(=O)C1=C(C)Nc2nc(-c3ccccc3Cl)nn2C1c1cccc(OC)c1OC. The van der Waals surface area contributed by atoms with Crippen LogP contribution in [-0.2, 0) is 4.79 Å². The molecule has 2 heterocycles. The van der Waals surface area contributed by atoms with E-state index < -0.39 is 6.04 Å². The number of anilines is 2. The molecule has 0 bridgehead atoms. The molecule has 1 aliphatic heterocycles. The summed E-state index contributed by atoms with van der Waals surface area (Å²) in [7, 11) is 4.68. The van der Waals surface area contributed by atoms with Crippen LogP contribution in [0, 0.1) is 0 Å². The average Bonchev–Trinajstić information content (AvgIpc) is 3.35. The van der Waals surface area contributed by atoms with Gasteiger partial charge in [-0.05, 0) is 37.3 Å². The number of carbonyl (C=O) groups excluding carboxylic acids is 1. The Balaban J connectivity index is 1.68. The third-order valence-corrected chi connectivity index (χ3v) is 6.62. The number of amides is 1. The lowest BCUT2D eigenvalue weighted by molar-refractivity contribution is -0.113. The minimum Gasteiger partial charge on any atom is -0.495 e. The van der Waals surface area contributed by atoms with Gasteiger partial charge in [-0.25, -0.2) is 4.68 Å². The lowest BCUT2D eigenvalue weighted by atomic mass is 9.94. The van der Waals surface area contributed by atoms with Crippen molar-refractivity contribution in [3.63, 3.8) is 0 Å². The number of allylic oxidation sites excluding steroid dienone is 1. The van der Waals surface area contributed by atoms with Crippen LogP contribution in [0.5, 0.6) is 17.2 Å². The summed E-state index contributed by atoms with van der Waals surface area (Å²) in [6.45, 7) is 1.82. The minimum absolute atomic E-state index is 0.338. The van der Waals surface area contributed by atoms with E-state index in [1.165, 1.54) is 0 Å². The van der Waals surface area contributed by atoms with Gasteiger partial charge in [-0.3, -0.25) is 4.79 Å². The number of nitrogens with zero attached hydrogens (tertiary/aromatic N) is 3. The van der Waals surface area contributed by atoms with Crippen LogP contribution in [0.1, 0.15) is 18.5 Å². The Hall–Kier alpha value is -4.50. The number of halogens is 1. The highest BCUT2D eigenvalue weighted by Gasteiger charge is 2.37. The molecule has 0 saturated heterocycles. The second-order valence-corrected chi connectivity index (χ2v) is 8.89. The number of hydrogen-bond acceptors (Lipinski definition) is 7. The molecule has 1 amide bonds. The molecule has 10 heteroatoms. The van der Waals surface area contributed by atoms with Crippen LogP contribution in [0.2, 0.25) is 5.02 Å². The van der Waals surface area contributed by atoms with Crippen LogP contribution in [0.15, 0.2) is 78.0 Å². The van der Waals surface area contributed by atoms with Crippen molar-refractivity contribution in [2.24, 2.45) is 0 Å². The molecular formula is C28H26ClN5O4. The van der Waals surface area contributed by atoms with Crippen molar-refractivity contribution in [3.8, 4) is 28.6 Å². The lowest BCUT2D eigenvalue weighted by Gasteiger charge is -2.30. The number of para-hydroxylation sites is 3. The molecule has 1 aliphatic rings. The van der Waals surface area contributed by atoms with Crippen LogP contribution in [0.25, 0.3) is 11.4 Å². The number of rotatable bonds is 7. The van der Waals surface area contributed by atoms with Crippen molar-refractivity contribution in [1.82, 2.24) is 14.8 Å². The predicted octanol–water partition coefficient (Wildman–Crippen LogP) is 5.55. The molecule has 0 fully saturated rings. The first-order valence-corrected chi connectivity index (χ1v) is 12.2. The molecule has 38 heavy (non-hydrogen) atoms. The van der Waals surface area contributed by atoms with Gasteiger partial charge in [0.25, 0.3) is 5.91 Å². The molecule has 2 N–H and O–H groups in total. The van der Waals surface area contributed by atoms with Crippen LogP contribution in [0.4, 0.5) is 11.6 Å². The summed E-state index contributed by atoms with van der Waals surface area (Å²) in [5.74, 6) is 2.10. The van der Waals surface area contributed by atoms with Gasteiger partial charge in [-0.1, -0.05) is 48.0 Å². The van der Waals surface area contributed by atoms with E-state index in [1.54, 1.807) is 50.3 Å². The fraction of sp³-hybridized carbons (Fsp3) is 0.179. The monoisotopic (exact) mass is 531 g/mol. The third-order valence-electron chi connectivity index (χ3n) is 6.30. The van der Waals surface area contributed by atoms with Crippen molar-refractivity contribution in [2.75, 3.05) is 32.0 Å². The summed E-state index contributed by atoms with van der Waals surface area (Å²) in [5, 5.41) is 11.6. The van der Waals surface area contributed by atoms with Gasteiger partial charge in [-0.2, -0.15) is 4.98 Å². The lowest BCUT2D eigenvalue weighted by Crippen LogP contribution is -2.32. The maximum Gasteiger partial charge on any atom is 0.255 e. The van der Waals surface area contributed by atoms with E-state index in [2.05, 4.69) is 10.6 Å². The second-order valence-electron chi connectivity index (χ2n) is 8.49. The van der Waals surface area contributed by atoms with Gasteiger partial charge in [0.2, 0.25) is 5.95 Å². The fourth-order valence-electron chi connectivity index (χ4n) is 4.55. The molecule has 5 rings (SSSR count). The molecule has 0 aliphatic carbocycles. The average molecular weight is 532 g/mol. The smallest absolute Gasteiger partial charge is 0.255 e. The Labute approximate surface area is 225 Å². The Morgan fingerprint density at radius 1 is 0.947 bits per heavy atom. The molecule has 194 valence electrons. The van der Waals surface area contributed by atoms with Gasteiger partial charge in [-0.15, -0.1) is 5.10 Å². The summed E-state index contributed by atoms with van der Waals surface area (Å²) in [6.07, 6.45) is 0. The zero-order valence-electron chi connectivity index (χ0n) is 21.3. The number of carbonyl (C=O) groups is 1. The normalized spacial score (nSPS) is 14.4. The third kappa shape index (κ3) is 4.41. The van der Waals surface area contributed by atoms with E-state index >= 15 is 0 Å². The van der Waals surface area contributed by atoms with Gasteiger partial charge in [0.1, 0.15) is 11.8 Å². The zero-order chi connectivity index (χ0) is 26.8. The molecule has 0 radical (unpaired) electrons. The first-order valence-electron chi connectivity index (χ1n) is 11.8. The van der Waals surface area contributed by atoms with Gasteiger partial charge in [0, 0.05) is 16.8 Å². The number of nitrogens with one attached hydrogen (secondary N) is 2. The number of ether oxygens (including phenoxy) is 3. The summed E-state index contributed by atoms with van der Waals surface area (Å²) in [5.41, 5.74) is 2.92. The van der Waals surface area contributed by atoms with Crippen LogP contribution in [-0.4, -0.2) is 42.0 Å². The zero-order valence-corrected chi connectivity index (χ0v) is 22.0. The first kappa shape index (κ1) is 25.2. The van der Waals surface area contributed by atoms with Crippen LogP contribution >= 0.6 is 11.6 Å². The van der Waals surface area contributed by atoms with Crippen molar-refractivity contribution < 1.29 is 19.0 Å². The summed E-state index contributed by atoms with van der Waals surface area (Å²) >= 11 is 6.46. The molecule has 0 saturated carbocycles. The summed E-state index contributed by atoms with van der Waals surface area (Å²) < 4.78 is 18.4. The maximum absolute atomic E-state index is 13.9. The van der Waals surface area contributed by atoms with Crippen LogP contribution < -0.4 is 24.8 Å². The van der Waals surface area contributed by atoms with Gasteiger partial charge < -0.3 is 24.8 Å². The largest absolute Gasteiger partial charge is 0.495 e. The van der Waals surface area contributed by atoms with Gasteiger partial charge in [0.05, 0.1) is 37.6 Å². The number of fused-ring (bicyclic) bond motifs is 1. The Bertz CT molecular complexity index is 1550. The fourth-order valence-corrected chi connectivity index (χ4v) is 4.77. The number of methoxy groups -OCH3 is 3. The van der Waals surface area contributed by atoms with Gasteiger partial charge >= 0.3 is 0 Å². The van der Waals surface area contributed by atoms with Crippen molar-refractivity contribution in [1.29, 1.82) is 0 Å². The van der Waals surface area contributed by atoms with E-state index in [-0.39, 0.29) is 5.91 Å². The standard InChI is InChI=1S/C28H26ClN5O4/c1-16-23(27(35)31-20-13-7-8-14-21(20)36-2)24(18-11-9-15-22(37-3)25(18)38-4)34-28(30-16)32-26(33-34)17-10-5-6-12-19(17)29/h5-15,24H,1-4H3,(H,31,35)(H,30,32,33). The molecule has 1 aromatic heterocycles. The maximum atomic E-state index is 13.9. The Morgan fingerprint density at radius 2 is 1.66 bits per heavy atom. The van der Waals surface area contributed by atoms with E-state index in [1.807, 2.05) is 49.4 Å². The second kappa shape index (κ2) is 10.5. The molecule has 9 nitrogen and oxygen atoms in total. The highest BCUT2D eigenvalue weighted by Crippen LogP contribution is 2.44. The van der Waals surface area contributed by atoms with Crippen molar-refractivity contribution >= 4 is 29.1 Å².